The number of nitrogens with one attached hydrogen (secondary N) is 2. The van der Waals surface area contributed by atoms with Crippen LogP contribution in [0.4, 0.5) is 0 Å². The molecule has 1 atom stereocenters. The molecule has 2 aliphatic rings. The summed E-state index contributed by atoms with van der Waals surface area (Å²) in [6.07, 6.45) is 5.08. The average Bonchev–Trinajstić information content (AvgIpc) is 3.20. The molecule has 6 nitrogen and oxygen atoms in total. The molecule has 0 spiro atoms. The SMILES string of the molecule is O=C(NC1CCN(C(=O)c2ccco2)CC1)C1CCCN1. The molecule has 2 aliphatic heterocycles. The third-order valence-electron chi connectivity index (χ3n) is 4.24. The fourth-order valence-electron chi connectivity index (χ4n) is 2.99. The summed E-state index contributed by atoms with van der Waals surface area (Å²) >= 11 is 0. The fourth-order valence-corrected chi connectivity index (χ4v) is 2.99. The molecule has 2 fully saturated rings. The molecule has 114 valence electrons. The Morgan fingerprint density at radius 3 is 2.71 bits per heavy atom. The molecule has 6 heteroatoms. The van der Waals surface area contributed by atoms with E-state index in [0.29, 0.717) is 18.8 Å². The van der Waals surface area contributed by atoms with Crippen LogP contribution in [0.15, 0.2) is 22.8 Å². The Bertz CT molecular complexity index is 486. The molecule has 0 radical (unpaired) electrons. The first-order valence-electron chi connectivity index (χ1n) is 7.60. The van der Waals surface area contributed by atoms with Gasteiger partial charge in [0.1, 0.15) is 0 Å². The van der Waals surface area contributed by atoms with E-state index in [-0.39, 0.29) is 23.9 Å². The normalized spacial score (nSPS) is 23.2. The standard InChI is InChI=1S/C15H21N3O3/c19-14(12-3-1-7-16-12)17-11-5-8-18(9-6-11)15(20)13-4-2-10-21-13/h2,4,10-12,16H,1,3,5-9H2,(H,17,19). The number of hydrogen-bond acceptors (Lipinski definition) is 4. The molecule has 1 aromatic heterocycles. The number of amides is 2. The zero-order chi connectivity index (χ0) is 14.7. The Hall–Kier alpha value is -1.82. The first-order valence-corrected chi connectivity index (χ1v) is 7.60. The van der Waals surface area contributed by atoms with Crippen LogP contribution in [0.5, 0.6) is 0 Å². The Labute approximate surface area is 123 Å². The maximum atomic E-state index is 12.1. The molecule has 3 heterocycles. The van der Waals surface area contributed by atoms with Gasteiger partial charge in [-0.05, 0) is 44.4 Å². The van der Waals surface area contributed by atoms with Crippen LogP contribution in [-0.2, 0) is 4.79 Å². The zero-order valence-electron chi connectivity index (χ0n) is 12.0. The van der Waals surface area contributed by atoms with Crippen LogP contribution >= 0.6 is 0 Å². The summed E-state index contributed by atoms with van der Waals surface area (Å²) in [5.41, 5.74) is 0. The van der Waals surface area contributed by atoms with E-state index in [1.165, 1.54) is 6.26 Å². The van der Waals surface area contributed by atoms with Gasteiger partial charge in [0.25, 0.3) is 5.91 Å². The van der Waals surface area contributed by atoms with Crippen molar-refractivity contribution in [2.45, 2.75) is 37.8 Å². The van der Waals surface area contributed by atoms with Gasteiger partial charge in [-0.2, -0.15) is 0 Å². The maximum Gasteiger partial charge on any atom is 0.289 e. The van der Waals surface area contributed by atoms with Gasteiger partial charge in [0, 0.05) is 19.1 Å². The highest BCUT2D eigenvalue weighted by Gasteiger charge is 2.28. The van der Waals surface area contributed by atoms with Crippen molar-refractivity contribution in [2.24, 2.45) is 0 Å². The highest BCUT2D eigenvalue weighted by molar-refractivity contribution is 5.91. The molecule has 2 N–H and O–H groups in total. The molecule has 2 saturated heterocycles. The van der Waals surface area contributed by atoms with Crippen LogP contribution in [0.3, 0.4) is 0 Å². The predicted octanol–water partition coefficient (Wildman–Crippen LogP) is 0.752. The van der Waals surface area contributed by atoms with Crippen LogP contribution in [0.2, 0.25) is 0 Å². The maximum absolute atomic E-state index is 12.1. The number of carbonyl (C=O) groups is 2. The molecule has 1 aromatic rings. The molecular formula is C15H21N3O3. The average molecular weight is 291 g/mol. The highest BCUT2D eigenvalue weighted by atomic mass is 16.3. The zero-order valence-corrected chi connectivity index (χ0v) is 12.0. The first kappa shape index (κ1) is 14.1. The lowest BCUT2D eigenvalue weighted by Crippen LogP contribution is -2.50. The second-order valence-electron chi connectivity index (χ2n) is 5.70. The lowest BCUT2D eigenvalue weighted by molar-refractivity contribution is -0.123. The van der Waals surface area contributed by atoms with Crippen molar-refractivity contribution < 1.29 is 14.0 Å². The second-order valence-corrected chi connectivity index (χ2v) is 5.70. The minimum atomic E-state index is -0.0674. The molecule has 3 rings (SSSR count). The Morgan fingerprint density at radius 1 is 1.29 bits per heavy atom. The monoisotopic (exact) mass is 291 g/mol. The minimum absolute atomic E-state index is 0.0345. The van der Waals surface area contributed by atoms with Gasteiger partial charge in [0.05, 0.1) is 12.3 Å². The third-order valence-corrected chi connectivity index (χ3v) is 4.24. The summed E-state index contributed by atoms with van der Waals surface area (Å²) < 4.78 is 5.14. The van der Waals surface area contributed by atoms with Gasteiger partial charge in [0.2, 0.25) is 5.91 Å². The van der Waals surface area contributed by atoms with Crippen molar-refractivity contribution in [3.8, 4) is 0 Å². The van der Waals surface area contributed by atoms with Gasteiger partial charge >= 0.3 is 0 Å². The van der Waals surface area contributed by atoms with E-state index in [4.69, 9.17) is 4.42 Å². The van der Waals surface area contributed by atoms with Gasteiger partial charge < -0.3 is 20.0 Å². The lowest BCUT2D eigenvalue weighted by Gasteiger charge is -2.32. The first-order chi connectivity index (χ1) is 10.2. The van der Waals surface area contributed by atoms with E-state index in [1.54, 1.807) is 17.0 Å². The van der Waals surface area contributed by atoms with Crippen molar-refractivity contribution in [3.05, 3.63) is 24.2 Å². The number of carbonyl (C=O) groups excluding carboxylic acids is 2. The Kier molecular flexibility index (Phi) is 4.24. The summed E-state index contributed by atoms with van der Waals surface area (Å²) in [6.45, 7) is 2.24. The summed E-state index contributed by atoms with van der Waals surface area (Å²) in [4.78, 5) is 26.0. The van der Waals surface area contributed by atoms with E-state index in [1.807, 2.05) is 0 Å². The summed E-state index contributed by atoms with van der Waals surface area (Å²) in [6, 6.07) is 3.53. The van der Waals surface area contributed by atoms with E-state index in [2.05, 4.69) is 10.6 Å². The van der Waals surface area contributed by atoms with Crippen molar-refractivity contribution in [1.82, 2.24) is 15.5 Å². The summed E-state index contributed by atoms with van der Waals surface area (Å²) in [5, 5.41) is 6.29. The lowest BCUT2D eigenvalue weighted by atomic mass is 10.0. The fraction of sp³-hybridized carbons (Fsp3) is 0.600. The van der Waals surface area contributed by atoms with Crippen LogP contribution in [0, 0.1) is 0 Å². The molecule has 2 amide bonds. The van der Waals surface area contributed by atoms with E-state index >= 15 is 0 Å². The van der Waals surface area contributed by atoms with Crippen molar-refractivity contribution in [3.63, 3.8) is 0 Å². The Morgan fingerprint density at radius 2 is 2.10 bits per heavy atom. The van der Waals surface area contributed by atoms with E-state index in [9.17, 15) is 9.59 Å². The van der Waals surface area contributed by atoms with Gasteiger partial charge in [-0.25, -0.2) is 0 Å². The molecule has 0 aromatic carbocycles. The van der Waals surface area contributed by atoms with Crippen LogP contribution in [-0.4, -0.2) is 48.4 Å². The molecule has 0 aliphatic carbocycles. The van der Waals surface area contributed by atoms with Crippen molar-refractivity contribution in [2.75, 3.05) is 19.6 Å². The van der Waals surface area contributed by atoms with Crippen molar-refractivity contribution >= 4 is 11.8 Å². The van der Waals surface area contributed by atoms with E-state index < -0.39 is 0 Å². The molecule has 0 saturated carbocycles. The molecular weight excluding hydrogens is 270 g/mol. The number of furan rings is 1. The molecule has 0 bridgehead atoms. The van der Waals surface area contributed by atoms with Crippen LogP contribution in [0.1, 0.15) is 36.2 Å². The number of rotatable bonds is 3. The van der Waals surface area contributed by atoms with Gasteiger partial charge in [0.15, 0.2) is 5.76 Å². The number of nitrogens with zero attached hydrogens (tertiary/aromatic N) is 1. The van der Waals surface area contributed by atoms with Gasteiger partial charge in [-0.3, -0.25) is 9.59 Å². The van der Waals surface area contributed by atoms with Gasteiger partial charge in [-0.15, -0.1) is 0 Å². The number of piperidine rings is 1. The minimum Gasteiger partial charge on any atom is -0.459 e. The number of hydrogen-bond donors (Lipinski definition) is 2. The highest BCUT2D eigenvalue weighted by Crippen LogP contribution is 2.15. The van der Waals surface area contributed by atoms with Crippen LogP contribution < -0.4 is 10.6 Å². The Balaban J connectivity index is 1.46. The largest absolute Gasteiger partial charge is 0.459 e. The van der Waals surface area contributed by atoms with Crippen LogP contribution in [0.25, 0.3) is 0 Å². The second kappa shape index (κ2) is 6.30. The van der Waals surface area contributed by atoms with E-state index in [0.717, 1.165) is 32.2 Å². The molecule has 1 unspecified atom stereocenters. The number of likely N-dealkylation sites (tertiary alicyclic amines) is 1. The molecule has 21 heavy (non-hydrogen) atoms. The van der Waals surface area contributed by atoms with Crippen molar-refractivity contribution in [1.29, 1.82) is 0 Å². The predicted molar refractivity (Wildman–Crippen MR) is 76.8 cm³/mol. The quantitative estimate of drug-likeness (QED) is 0.862. The summed E-state index contributed by atoms with van der Waals surface area (Å²) in [5.74, 6) is 0.415. The smallest absolute Gasteiger partial charge is 0.289 e. The van der Waals surface area contributed by atoms with Gasteiger partial charge in [-0.1, -0.05) is 0 Å². The third kappa shape index (κ3) is 3.26. The summed E-state index contributed by atoms with van der Waals surface area (Å²) in [7, 11) is 0. The topological polar surface area (TPSA) is 74.6 Å².